The third kappa shape index (κ3) is 4.31. The average Bonchev–Trinajstić information content (AvgIpc) is 3.15. The fourth-order valence-electron chi connectivity index (χ4n) is 3.52. The summed E-state index contributed by atoms with van der Waals surface area (Å²) in [5, 5.41) is 6.61. The number of allylic oxidation sites excluding steroid dienone is 1. The molecule has 6 nitrogen and oxygen atoms in total. The van der Waals surface area contributed by atoms with E-state index in [0.29, 0.717) is 22.1 Å². The monoisotopic (exact) mass is 502 g/mol. The standard InChI is InChI=1S/C19H23IN2O4S/c1-10-15(18(23)25-3)16(22-19(27)21-10)11-8-13(20)17(14(9-11)24-2)26-12-6-4-5-7-12/h8-9,12,16H,4-7H2,1-3H3,(H2,21,22,27)/t16-/m0/s1. The lowest BCUT2D eigenvalue weighted by Crippen LogP contribution is -2.45. The molecule has 1 fully saturated rings. The third-order valence-corrected chi connectivity index (χ3v) is 5.87. The van der Waals surface area contributed by atoms with E-state index in [9.17, 15) is 4.79 Å². The number of carbonyl (C=O) groups is 1. The van der Waals surface area contributed by atoms with Crippen molar-refractivity contribution in [2.75, 3.05) is 14.2 Å². The summed E-state index contributed by atoms with van der Waals surface area (Å²) in [6, 6.07) is 3.47. The molecule has 0 unspecified atom stereocenters. The normalized spacial score (nSPS) is 20.1. The summed E-state index contributed by atoms with van der Waals surface area (Å²) < 4.78 is 17.7. The maximum atomic E-state index is 12.3. The van der Waals surface area contributed by atoms with Crippen LogP contribution in [0, 0.1) is 3.57 Å². The van der Waals surface area contributed by atoms with Gasteiger partial charge in [-0.3, -0.25) is 0 Å². The fraction of sp³-hybridized carbons (Fsp3) is 0.474. The molecule has 0 spiro atoms. The molecule has 8 heteroatoms. The van der Waals surface area contributed by atoms with Crippen LogP contribution in [0.25, 0.3) is 0 Å². The van der Waals surface area contributed by atoms with Gasteiger partial charge in [0.2, 0.25) is 0 Å². The van der Waals surface area contributed by atoms with E-state index in [-0.39, 0.29) is 6.10 Å². The zero-order valence-electron chi connectivity index (χ0n) is 15.6. The van der Waals surface area contributed by atoms with Crippen LogP contribution in [0.15, 0.2) is 23.4 Å². The summed E-state index contributed by atoms with van der Waals surface area (Å²) in [7, 11) is 3.00. The van der Waals surface area contributed by atoms with E-state index in [1.54, 1.807) is 7.11 Å². The van der Waals surface area contributed by atoms with Crippen molar-refractivity contribution in [3.63, 3.8) is 0 Å². The lowest BCUT2D eigenvalue weighted by molar-refractivity contribution is -0.136. The summed E-state index contributed by atoms with van der Waals surface area (Å²) in [6.07, 6.45) is 4.77. The van der Waals surface area contributed by atoms with Crippen LogP contribution in [0.1, 0.15) is 44.2 Å². The van der Waals surface area contributed by atoms with Gasteiger partial charge in [0.05, 0.1) is 35.5 Å². The lowest BCUT2D eigenvalue weighted by Gasteiger charge is -2.30. The molecular weight excluding hydrogens is 479 g/mol. The molecule has 0 bridgehead atoms. The van der Waals surface area contributed by atoms with Crippen molar-refractivity contribution in [3.8, 4) is 11.5 Å². The Kier molecular flexibility index (Phi) is 6.46. The van der Waals surface area contributed by atoms with Crippen molar-refractivity contribution < 1.29 is 19.0 Å². The third-order valence-electron chi connectivity index (χ3n) is 4.85. The van der Waals surface area contributed by atoms with Crippen LogP contribution in [0.4, 0.5) is 0 Å². The first-order valence-electron chi connectivity index (χ1n) is 8.85. The van der Waals surface area contributed by atoms with E-state index in [2.05, 4.69) is 33.2 Å². The summed E-state index contributed by atoms with van der Waals surface area (Å²) in [5.41, 5.74) is 2.03. The molecule has 1 aromatic carbocycles. The van der Waals surface area contributed by atoms with E-state index >= 15 is 0 Å². The number of methoxy groups -OCH3 is 2. The molecule has 0 amide bonds. The van der Waals surface area contributed by atoms with E-state index < -0.39 is 12.0 Å². The highest BCUT2D eigenvalue weighted by molar-refractivity contribution is 14.1. The summed E-state index contributed by atoms with van der Waals surface area (Å²) >= 11 is 7.53. The van der Waals surface area contributed by atoms with Crippen molar-refractivity contribution >= 4 is 45.9 Å². The second kappa shape index (κ2) is 8.64. The van der Waals surface area contributed by atoms with E-state index in [1.807, 2.05) is 19.1 Å². The van der Waals surface area contributed by atoms with Crippen LogP contribution >= 0.6 is 34.8 Å². The van der Waals surface area contributed by atoms with Gasteiger partial charge in [-0.1, -0.05) is 0 Å². The van der Waals surface area contributed by atoms with E-state index in [4.69, 9.17) is 26.4 Å². The Morgan fingerprint density at radius 3 is 2.59 bits per heavy atom. The van der Waals surface area contributed by atoms with Crippen LogP contribution in [-0.4, -0.2) is 31.4 Å². The van der Waals surface area contributed by atoms with Gasteiger partial charge in [0.1, 0.15) is 0 Å². The van der Waals surface area contributed by atoms with Crippen molar-refractivity contribution in [1.29, 1.82) is 0 Å². The molecule has 2 N–H and O–H groups in total. The minimum atomic E-state index is -0.422. The zero-order chi connectivity index (χ0) is 19.6. The highest BCUT2D eigenvalue weighted by Crippen LogP contribution is 2.40. The topological polar surface area (TPSA) is 68.8 Å². The number of halogens is 1. The van der Waals surface area contributed by atoms with Gasteiger partial charge in [0.15, 0.2) is 16.6 Å². The first-order valence-corrected chi connectivity index (χ1v) is 10.3. The molecule has 27 heavy (non-hydrogen) atoms. The molecule has 1 aliphatic carbocycles. The summed E-state index contributed by atoms with van der Waals surface area (Å²) in [6.45, 7) is 1.81. The molecule has 1 aliphatic heterocycles. The molecule has 0 saturated heterocycles. The van der Waals surface area contributed by atoms with Crippen LogP contribution in [0.3, 0.4) is 0 Å². The number of carbonyl (C=O) groups excluding carboxylic acids is 1. The van der Waals surface area contributed by atoms with Gasteiger partial charge < -0.3 is 24.8 Å². The lowest BCUT2D eigenvalue weighted by atomic mass is 9.95. The minimum absolute atomic E-state index is 0.232. The second-order valence-corrected chi connectivity index (χ2v) is 8.19. The quantitative estimate of drug-likeness (QED) is 0.363. The maximum absolute atomic E-state index is 12.3. The van der Waals surface area contributed by atoms with E-state index in [0.717, 1.165) is 27.7 Å². The van der Waals surface area contributed by atoms with Gasteiger partial charge in [-0.2, -0.15) is 0 Å². The van der Waals surface area contributed by atoms with Gasteiger partial charge in [0.25, 0.3) is 0 Å². The number of hydrogen-bond donors (Lipinski definition) is 2. The molecule has 1 saturated carbocycles. The molecule has 0 radical (unpaired) electrons. The molecule has 0 aromatic heterocycles. The molecule has 3 rings (SSSR count). The van der Waals surface area contributed by atoms with E-state index in [1.165, 1.54) is 20.0 Å². The first-order chi connectivity index (χ1) is 12.9. The van der Waals surface area contributed by atoms with Crippen molar-refractivity contribution in [1.82, 2.24) is 10.6 Å². The molecule has 2 aliphatic rings. The minimum Gasteiger partial charge on any atom is -0.493 e. The Bertz CT molecular complexity index is 790. The van der Waals surface area contributed by atoms with Gasteiger partial charge in [-0.05, 0) is 85.1 Å². The number of rotatable bonds is 5. The molecule has 1 heterocycles. The van der Waals surface area contributed by atoms with Crippen LogP contribution in [0.2, 0.25) is 0 Å². The highest BCUT2D eigenvalue weighted by Gasteiger charge is 2.32. The fourth-order valence-corrected chi connectivity index (χ4v) is 4.54. The van der Waals surface area contributed by atoms with Crippen molar-refractivity contribution in [2.24, 2.45) is 0 Å². The van der Waals surface area contributed by atoms with Crippen molar-refractivity contribution in [2.45, 2.75) is 44.8 Å². The Balaban J connectivity index is 2.00. The second-order valence-electron chi connectivity index (χ2n) is 6.62. The number of nitrogens with one attached hydrogen (secondary N) is 2. The van der Waals surface area contributed by atoms with Crippen LogP contribution < -0.4 is 20.1 Å². The highest BCUT2D eigenvalue weighted by atomic mass is 127. The van der Waals surface area contributed by atoms with Crippen LogP contribution in [0.5, 0.6) is 11.5 Å². The Morgan fingerprint density at radius 2 is 1.96 bits per heavy atom. The predicted octanol–water partition coefficient (Wildman–Crippen LogP) is 3.59. The Morgan fingerprint density at radius 1 is 1.26 bits per heavy atom. The number of esters is 1. The number of benzene rings is 1. The zero-order valence-corrected chi connectivity index (χ0v) is 18.5. The Labute approximate surface area is 178 Å². The summed E-state index contributed by atoms with van der Waals surface area (Å²) in [5.74, 6) is 1.00. The van der Waals surface area contributed by atoms with Crippen molar-refractivity contribution in [3.05, 3.63) is 32.5 Å². The molecular formula is C19H23IN2O4S. The van der Waals surface area contributed by atoms with Gasteiger partial charge >= 0.3 is 5.97 Å². The molecule has 1 aromatic rings. The molecule has 1 atom stereocenters. The number of hydrogen-bond acceptors (Lipinski definition) is 5. The number of ether oxygens (including phenoxy) is 3. The predicted molar refractivity (Wildman–Crippen MR) is 115 cm³/mol. The first kappa shape index (κ1) is 20.2. The smallest absolute Gasteiger partial charge is 0.337 e. The molecule has 146 valence electrons. The average molecular weight is 502 g/mol. The Hall–Kier alpha value is -1.55. The number of thiocarbonyl (C=S) groups is 1. The largest absolute Gasteiger partial charge is 0.493 e. The maximum Gasteiger partial charge on any atom is 0.337 e. The van der Waals surface area contributed by atoms with Gasteiger partial charge in [-0.25, -0.2) is 4.79 Å². The van der Waals surface area contributed by atoms with Gasteiger partial charge in [-0.15, -0.1) is 0 Å². The van der Waals surface area contributed by atoms with Gasteiger partial charge in [0, 0.05) is 5.70 Å². The summed E-state index contributed by atoms with van der Waals surface area (Å²) in [4.78, 5) is 12.3. The van der Waals surface area contributed by atoms with Crippen LogP contribution in [-0.2, 0) is 9.53 Å². The SMILES string of the molecule is COC(=O)C1=C(C)NC(=S)N[C@H]1c1cc(I)c(OC2CCCC2)c(OC)c1.